The second kappa shape index (κ2) is 6.89. The number of nitrogens with zero attached hydrogens (tertiary/aromatic N) is 3. The van der Waals surface area contributed by atoms with Crippen molar-refractivity contribution in [3.05, 3.63) is 70.7 Å². The van der Waals surface area contributed by atoms with Gasteiger partial charge in [0.15, 0.2) is 11.5 Å². The van der Waals surface area contributed by atoms with E-state index in [-0.39, 0.29) is 18.4 Å². The molecule has 27 heavy (non-hydrogen) atoms. The van der Waals surface area contributed by atoms with Gasteiger partial charge < -0.3 is 5.11 Å². The van der Waals surface area contributed by atoms with Gasteiger partial charge in [0.2, 0.25) is 5.95 Å². The van der Waals surface area contributed by atoms with Crippen LogP contribution in [-0.2, 0) is 17.8 Å². The number of aromatic nitrogens is 2. The molecular weight excluding hydrogens is 352 g/mol. The third-order valence-electron chi connectivity index (χ3n) is 4.47. The van der Waals surface area contributed by atoms with E-state index >= 15 is 0 Å². The fourth-order valence-corrected chi connectivity index (χ4v) is 2.94. The van der Waals surface area contributed by atoms with Crippen molar-refractivity contribution in [2.24, 2.45) is 0 Å². The number of hydrogen-bond donors (Lipinski definition) is 1. The maximum Gasteiger partial charge on any atom is 0.240 e. The first-order valence-corrected chi connectivity index (χ1v) is 8.25. The second-order valence-corrected chi connectivity index (χ2v) is 6.72. The minimum atomic E-state index is -1.80. The fraction of sp³-hybridized carbons (Fsp3) is 0.250. The number of halogens is 2. The largest absolute Gasteiger partial charge is 0.380 e. The molecule has 7 heteroatoms. The number of ketones is 1. The highest BCUT2D eigenvalue weighted by Gasteiger charge is 2.32. The molecule has 0 radical (unpaired) electrons. The summed E-state index contributed by atoms with van der Waals surface area (Å²) in [6, 6.07) is 8.57. The lowest BCUT2D eigenvalue weighted by atomic mass is 9.94. The molecule has 2 aromatic carbocycles. The zero-order valence-electron chi connectivity index (χ0n) is 14.8. The van der Waals surface area contributed by atoms with E-state index in [2.05, 4.69) is 9.94 Å². The number of fused-ring (bicyclic) bond motifs is 1. The topological polar surface area (TPSA) is 59.5 Å². The summed E-state index contributed by atoms with van der Waals surface area (Å²) in [6.07, 6.45) is -0.0393. The summed E-state index contributed by atoms with van der Waals surface area (Å²) in [5.74, 6) is -1.93. The van der Waals surface area contributed by atoms with Gasteiger partial charge in [0.05, 0.1) is 24.0 Å². The Kier molecular flexibility index (Phi) is 4.77. The quantitative estimate of drug-likeness (QED) is 0.697. The van der Waals surface area contributed by atoms with Crippen molar-refractivity contribution in [3.8, 4) is 0 Å². The zero-order chi connectivity index (χ0) is 19.8. The third kappa shape index (κ3) is 3.71. The molecule has 0 amide bonds. The number of Topliss-reactive ketones (excluding diaryl/α,β-unsaturated/α-hetero) is 1. The first-order chi connectivity index (χ1) is 12.7. The number of aliphatic hydroxyl groups is 1. The lowest BCUT2D eigenvalue weighted by Crippen LogP contribution is -2.41. The van der Waals surface area contributed by atoms with Gasteiger partial charge in [-0.15, -0.1) is 5.10 Å². The number of aryl methyl sites for hydroxylation is 1. The van der Waals surface area contributed by atoms with Crippen LogP contribution in [0.4, 0.5) is 14.5 Å². The van der Waals surface area contributed by atoms with Gasteiger partial charge in [0.1, 0.15) is 11.4 Å². The van der Waals surface area contributed by atoms with E-state index in [1.54, 1.807) is 25.1 Å². The molecule has 0 spiro atoms. The summed E-state index contributed by atoms with van der Waals surface area (Å²) in [7, 11) is 0. The van der Waals surface area contributed by atoms with E-state index in [1.807, 2.05) is 0 Å². The average molecular weight is 369 g/mol. The summed E-state index contributed by atoms with van der Waals surface area (Å²) in [4.78, 5) is 16.0. The second-order valence-electron chi connectivity index (χ2n) is 6.72. The minimum Gasteiger partial charge on any atom is -0.380 e. The van der Waals surface area contributed by atoms with Crippen molar-refractivity contribution >= 4 is 22.4 Å². The molecule has 0 aliphatic carbocycles. The van der Waals surface area contributed by atoms with E-state index in [9.17, 15) is 18.7 Å². The SMILES string of the molecule is [C-]#[N+]c1ccc(CC(=O)[C@@](C)(O)Cn2nc(F)c3cc(F)ccc32)cc1C. The maximum absolute atomic E-state index is 13.9. The lowest BCUT2D eigenvalue weighted by molar-refractivity contribution is -0.136. The van der Waals surface area contributed by atoms with E-state index in [1.165, 1.54) is 13.0 Å². The molecular formula is C20H17F2N3O2. The highest BCUT2D eigenvalue weighted by atomic mass is 19.1. The summed E-state index contributed by atoms with van der Waals surface area (Å²) in [6.45, 7) is 9.90. The Balaban J connectivity index is 1.83. The Morgan fingerprint density at radius 2 is 2.04 bits per heavy atom. The molecule has 0 aliphatic heterocycles. The van der Waals surface area contributed by atoms with Crippen molar-refractivity contribution in [3.63, 3.8) is 0 Å². The van der Waals surface area contributed by atoms with Crippen LogP contribution in [0.25, 0.3) is 15.7 Å². The Morgan fingerprint density at radius 3 is 2.70 bits per heavy atom. The predicted octanol–water partition coefficient (Wildman–Crippen LogP) is 3.74. The van der Waals surface area contributed by atoms with E-state index < -0.39 is 23.1 Å². The molecule has 5 nitrogen and oxygen atoms in total. The van der Waals surface area contributed by atoms with Crippen molar-refractivity contribution in [2.75, 3.05) is 0 Å². The van der Waals surface area contributed by atoms with E-state index in [4.69, 9.17) is 6.57 Å². The highest BCUT2D eigenvalue weighted by Crippen LogP contribution is 2.23. The first kappa shape index (κ1) is 18.7. The third-order valence-corrected chi connectivity index (χ3v) is 4.47. The van der Waals surface area contributed by atoms with Crippen molar-refractivity contribution in [2.45, 2.75) is 32.4 Å². The summed E-state index contributed by atoms with van der Waals surface area (Å²) in [5.41, 5.74) is 0.412. The lowest BCUT2D eigenvalue weighted by Gasteiger charge is -2.22. The van der Waals surface area contributed by atoms with Gasteiger partial charge in [-0.05, 0) is 43.2 Å². The van der Waals surface area contributed by atoms with Gasteiger partial charge in [0.25, 0.3) is 0 Å². The van der Waals surface area contributed by atoms with Crippen LogP contribution in [-0.4, -0.2) is 26.3 Å². The van der Waals surface area contributed by atoms with Crippen LogP contribution in [0.3, 0.4) is 0 Å². The van der Waals surface area contributed by atoms with Crippen molar-refractivity contribution in [1.29, 1.82) is 0 Å². The Bertz CT molecular complexity index is 1080. The van der Waals surface area contributed by atoms with Crippen LogP contribution in [0.5, 0.6) is 0 Å². The van der Waals surface area contributed by atoms with E-state index in [0.717, 1.165) is 22.4 Å². The van der Waals surface area contributed by atoms with Crippen LogP contribution in [0.2, 0.25) is 0 Å². The molecule has 138 valence electrons. The molecule has 0 unspecified atom stereocenters. The standard InChI is InChI=1S/C20H17F2N3O2/c1-12-8-13(4-6-16(12)23-3)9-18(26)20(2,27)11-25-17-7-5-14(21)10-15(17)19(22)24-25/h4-8,10,27H,9,11H2,1-2H3/t20-/m0/s1. The van der Waals surface area contributed by atoms with Gasteiger partial charge in [-0.1, -0.05) is 18.2 Å². The number of hydrogen-bond acceptors (Lipinski definition) is 3. The molecule has 1 heterocycles. The number of rotatable bonds is 5. The van der Waals surface area contributed by atoms with Crippen molar-refractivity contribution < 1.29 is 18.7 Å². The molecule has 3 rings (SSSR count). The summed E-state index contributed by atoms with van der Waals surface area (Å²) < 4.78 is 28.4. The molecule has 0 aliphatic rings. The van der Waals surface area contributed by atoms with Crippen molar-refractivity contribution in [1.82, 2.24) is 9.78 Å². The molecule has 1 N–H and O–H groups in total. The minimum absolute atomic E-state index is 0.0105. The molecule has 0 fully saturated rings. The van der Waals surface area contributed by atoms with Gasteiger partial charge in [-0.2, -0.15) is 4.39 Å². The maximum atomic E-state index is 13.9. The highest BCUT2D eigenvalue weighted by molar-refractivity contribution is 5.89. The molecule has 0 saturated carbocycles. The Morgan fingerprint density at radius 1 is 1.30 bits per heavy atom. The van der Waals surface area contributed by atoms with Gasteiger partial charge in [0, 0.05) is 6.42 Å². The molecule has 1 atom stereocenters. The van der Waals surface area contributed by atoms with Gasteiger partial charge in [-0.25, -0.2) is 9.24 Å². The summed E-state index contributed by atoms with van der Waals surface area (Å²) >= 11 is 0. The van der Waals surface area contributed by atoms with Crippen LogP contribution in [0.15, 0.2) is 36.4 Å². The number of benzene rings is 2. The predicted molar refractivity (Wildman–Crippen MR) is 96.4 cm³/mol. The van der Waals surface area contributed by atoms with Crippen LogP contribution < -0.4 is 0 Å². The Labute approximate surface area is 154 Å². The monoisotopic (exact) mass is 369 g/mol. The Hall–Kier alpha value is -3.11. The van der Waals surface area contributed by atoms with Gasteiger partial charge in [-0.3, -0.25) is 9.48 Å². The summed E-state index contributed by atoms with van der Waals surface area (Å²) in [5, 5.41) is 14.3. The smallest absolute Gasteiger partial charge is 0.240 e. The van der Waals surface area contributed by atoms with Crippen LogP contribution >= 0.6 is 0 Å². The molecule has 0 bridgehead atoms. The number of carbonyl (C=O) groups excluding carboxylic acids is 1. The molecule has 3 aromatic rings. The van der Waals surface area contributed by atoms with E-state index in [0.29, 0.717) is 16.8 Å². The van der Waals surface area contributed by atoms with Crippen LogP contribution in [0, 0.1) is 25.3 Å². The fourth-order valence-electron chi connectivity index (χ4n) is 2.94. The van der Waals surface area contributed by atoms with Gasteiger partial charge >= 0.3 is 0 Å². The normalized spacial score (nSPS) is 13.3. The van der Waals surface area contributed by atoms with Crippen LogP contribution in [0.1, 0.15) is 18.1 Å². The molecule has 0 saturated heterocycles. The first-order valence-electron chi connectivity index (χ1n) is 8.25. The average Bonchev–Trinajstić information content (AvgIpc) is 2.89. The molecule has 1 aromatic heterocycles. The number of carbonyl (C=O) groups is 1. The zero-order valence-corrected chi connectivity index (χ0v) is 14.8.